The Bertz CT molecular complexity index is 984. The van der Waals surface area contributed by atoms with Gasteiger partial charge in [-0.1, -0.05) is 17.3 Å². The Hall–Kier alpha value is -2.94. The van der Waals surface area contributed by atoms with Crippen molar-refractivity contribution in [2.75, 3.05) is 32.1 Å². The zero-order valence-electron chi connectivity index (χ0n) is 16.0. The van der Waals surface area contributed by atoms with Crippen molar-refractivity contribution in [2.45, 2.75) is 18.6 Å². The minimum absolute atomic E-state index is 0.101. The molecular formula is C20H20F3N5O. The van der Waals surface area contributed by atoms with Crippen molar-refractivity contribution >= 4 is 5.82 Å². The standard InChI is InChI=1S/C20H20F3N5O/c1-27(2)16-8-9-28(12-16)17-7-6-14(11-24-17)19-25-18(26-29-19)13-4-3-5-15(10-13)20(21,22)23/h3-7,10-11,16H,8-9,12H2,1-2H3/t16-/m0/s1. The van der Waals surface area contributed by atoms with Crippen molar-refractivity contribution in [3.05, 3.63) is 48.2 Å². The second kappa shape index (κ2) is 7.47. The summed E-state index contributed by atoms with van der Waals surface area (Å²) in [5, 5.41) is 3.82. The fraction of sp³-hybridized carbons (Fsp3) is 0.350. The Balaban J connectivity index is 1.52. The van der Waals surface area contributed by atoms with Gasteiger partial charge in [-0.2, -0.15) is 18.2 Å². The minimum atomic E-state index is -4.43. The Morgan fingerprint density at radius 1 is 1.14 bits per heavy atom. The number of nitrogens with zero attached hydrogens (tertiary/aromatic N) is 5. The lowest BCUT2D eigenvalue weighted by Gasteiger charge is -2.21. The van der Waals surface area contributed by atoms with Crippen LogP contribution in [0.15, 0.2) is 47.1 Å². The number of benzene rings is 1. The predicted molar refractivity (Wildman–Crippen MR) is 102 cm³/mol. The molecule has 0 saturated carbocycles. The van der Waals surface area contributed by atoms with E-state index in [4.69, 9.17) is 4.52 Å². The molecule has 9 heteroatoms. The van der Waals surface area contributed by atoms with Crippen LogP contribution in [-0.2, 0) is 6.18 Å². The summed E-state index contributed by atoms with van der Waals surface area (Å²) in [4.78, 5) is 13.2. The maximum atomic E-state index is 12.9. The first-order valence-corrected chi connectivity index (χ1v) is 9.20. The third-order valence-electron chi connectivity index (χ3n) is 5.09. The maximum Gasteiger partial charge on any atom is 0.416 e. The van der Waals surface area contributed by atoms with Crippen LogP contribution in [0.5, 0.6) is 0 Å². The molecule has 1 saturated heterocycles. The Morgan fingerprint density at radius 3 is 2.62 bits per heavy atom. The van der Waals surface area contributed by atoms with Crippen LogP contribution < -0.4 is 4.90 Å². The molecule has 0 amide bonds. The molecule has 2 aromatic heterocycles. The molecule has 0 spiro atoms. The third kappa shape index (κ3) is 4.09. The molecule has 3 heterocycles. The highest BCUT2D eigenvalue weighted by molar-refractivity contribution is 5.61. The van der Waals surface area contributed by atoms with Crippen LogP contribution in [-0.4, -0.2) is 53.3 Å². The molecule has 1 aliphatic rings. The van der Waals surface area contributed by atoms with Gasteiger partial charge in [0.1, 0.15) is 5.82 Å². The van der Waals surface area contributed by atoms with Gasteiger partial charge in [0.15, 0.2) is 0 Å². The lowest BCUT2D eigenvalue weighted by Crippen LogP contribution is -2.31. The largest absolute Gasteiger partial charge is 0.416 e. The van der Waals surface area contributed by atoms with Crippen LogP contribution in [0, 0.1) is 0 Å². The molecule has 1 aromatic carbocycles. The quantitative estimate of drug-likeness (QED) is 0.657. The van der Waals surface area contributed by atoms with Crippen LogP contribution in [0.4, 0.5) is 19.0 Å². The molecule has 1 fully saturated rings. The summed E-state index contributed by atoms with van der Waals surface area (Å²) in [7, 11) is 4.14. The van der Waals surface area contributed by atoms with E-state index in [0.717, 1.165) is 37.5 Å². The van der Waals surface area contributed by atoms with E-state index in [0.29, 0.717) is 11.6 Å². The molecule has 1 atom stereocenters. The van der Waals surface area contributed by atoms with E-state index in [9.17, 15) is 13.2 Å². The van der Waals surface area contributed by atoms with E-state index >= 15 is 0 Å². The van der Waals surface area contributed by atoms with Gasteiger partial charge < -0.3 is 14.3 Å². The lowest BCUT2D eigenvalue weighted by atomic mass is 10.1. The highest BCUT2D eigenvalue weighted by Crippen LogP contribution is 2.32. The van der Waals surface area contributed by atoms with Gasteiger partial charge in [0, 0.05) is 30.9 Å². The second-order valence-electron chi connectivity index (χ2n) is 7.26. The van der Waals surface area contributed by atoms with Crippen LogP contribution in [0.25, 0.3) is 22.8 Å². The first-order valence-electron chi connectivity index (χ1n) is 9.20. The molecule has 0 unspecified atom stereocenters. The van der Waals surface area contributed by atoms with E-state index < -0.39 is 11.7 Å². The van der Waals surface area contributed by atoms with Gasteiger partial charge >= 0.3 is 6.18 Å². The van der Waals surface area contributed by atoms with Crippen molar-refractivity contribution < 1.29 is 17.7 Å². The molecule has 3 aromatic rings. The zero-order valence-corrected chi connectivity index (χ0v) is 16.0. The normalized spacial score (nSPS) is 17.3. The first kappa shape index (κ1) is 19.4. The maximum absolute atomic E-state index is 12.9. The summed E-state index contributed by atoms with van der Waals surface area (Å²) >= 11 is 0. The van der Waals surface area contributed by atoms with E-state index in [1.807, 2.05) is 12.1 Å². The highest BCUT2D eigenvalue weighted by Gasteiger charge is 2.31. The monoisotopic (exact) mass is 403 g/mol. The summed E-state index contributed by atoms with van der Waals surface area (Å²) in [6.45, 7) is 1.86. The molecule has 1 aliphatic heterocycles. The number of alkyl halides is 3. The van der Waals surface area contributed by atoms with E-state index in [-0.39, 0.29) is 17.3 Å². The fourth-order valence-corrected chi connectivity index (χ4v) is 3.36. The number of likely N-dealkylation sites (N-methyl/N-ethyl adjacent to an activating group) is 1. The number of halogens is 3. The van der Waals surface area contributed by atoms with Gasteiger partial charge in [-0.25, -0.2) is 4.98 Å². The first-order chi connectivity index (χ1) is 13.8. The third-order valence-corrected chi connectivity index (χ3v) is 5.09. The molecule has 0 radical (unpaired) electrons. The van der Waals surface area contributed by atoms with Gasteiger partial charge in [0.05, 0.1) is 11.1 Å². The van der Waals surface area contributed by atoms with Crippen LogP contribution in [0.1, 0.15) is 12.0 Å². The van der Waals surface area contributed by atoms with Gasteiger partial charge in [-0.05, 0) is 44.8 Å². The van der Waals surface area contributed by atoms with Crippen molar-refractivity contribution in [3.8, 4) is 22.8 Å². The second-order valence-corrected chi connectivity index (χ2v) is 7.26. The summed E-state index contributed by atoms with van der Waals surface area (Å²) in [6.07, 6.45) is -1.70. The summed E-state index contributed by atoms with van der Waals surface area (Å²) in [5.41, 5.74) is 0.100. The smallest absolute Gasteiger partial charge is 0.355 e. The Morgan fingerprint density at radius 2 is 1.97 bits per heavy atom. The topological polar surface area (TPSA) is 58.3 Å². The molecule has 152 valence electrons. The molecule has 0 N–H and O–H groups in total. The number of hydrogen-bond donors (Lipinski definition) is 0. The van der Waals surface area contributed by atoms with Crippen LogP contribution in [0.3, 0.4) is 0 Å². The number of pyridine rings is 1. The van der Waals surface area contributed by atoms with Crippen molar-refractivity contribution in [1.82, 2.24) is 20.0 Å². The SMILES string of the molecule is CN(C)[C@H]1CCN(c2ccc(-c3nc(-c4cccc(C(F)(F)F)c4)no3)cn2)C1. The average Bonchev–Trinajstić information content (AvgIpc) is 3.38. The van der Waals surface area contributed by atoms with Crippen molar-refractivity contribution in [1.29, 1.82) is 0 Å². The Kier molecular flexibility index (Phi) is 4.99. The van der Waals surface area contributed by atoms with E-state index in [1.54, 1.807) is 6.20 Å². The van der Waals surface area contributed by atoms with E-state index in [1.165, 1.54) is 12.1 Å². The predicted octanol–water partition coefficient (Wildman–Crippen LogP) is 3.96. The Labute approximate surface area is 166 Å². The highest BCUT2D eigenvalue weighted by atomic mass is 19.4. The van der Waals surface area contributed by atoms with Gasteiger partial charge in [-0.15, -0.1) is 0 Å². The minimum Gasteiger partial charge on any atom is -0.355 e. The zero-order chi connectivity index (χ0) is 20.6. The number of aromatic nitrogens is 3. The summed E-state index contributed by atoms with van der Waals surface area (Å²) < 4.78 is 44.0. The van der Waals surface area contributed by atoms with Gasteiger partial charge in [0.2, 0.25) is 5.82 Å². The molecular weight excluding hydrogens is 383 g/mol. The molecule has 0 bridgehead atoms. The fourth-order valence-electron chi connectivity index (χ4n) is 3.36. The number of rotatable bonds is 4. The van der Waals surface area contributed by atoms with Crippen molar-refractivity contribution in [2.24, 2.45) is 0 Å². The van der Waals surface area contributed by atoms with Gasteiger partial charge in [0.25, 0.3) is 5.89 Å². The summed E-state index contributed by atoms with van der Waals surface area (Å²) in [5.74, 6) is 1.18. The molecule has 29 heavy (non-hydrogen) atoms. The van der Waals surface area contributed by atoms with Crippen LogP contribution in [0.2, 0.25) is 0 Å². The van der Waals surface area contributed by atoms with E-state index in [2.05, 4.69) is 39.0 Å². The van der Waals surface area contributed by atoms with Gasteiger partial charge in [-0.3, -0.25) is 0 Å². The lowest BCUT2D eigenvalue weighted by molar-refractivity contribution is -0.137. The number of anilines is 1. The van der Waals surface area contributed by atoms with Crippen molar-refractivity contribution in [3.63, 3.8) is 0 Å². The number of hydrogen-bond acceptors (Lipinski definition) is 6. The summed E-state index contributed by atoms with van der Waals surface area (Å²) in [6, 6.07) is 9.07. The molecule has 4 rings (SSSR count). The molecule has 0 aliphatic carbocycles. The average molecular weight is 403 g/mol. The molecule has 6 nitrogen and oxygen atoms in total. The van der Waals surface area contributed by atoms with Crippen LogP contribution >= 0.6 is 0 Å².